The first-order valence-corrected chi connectivity index (χ1v) is 6.19. The van der Waals surface area contributed by atoms with Gasteiger partial charge in [0.2, 0.25) is 6.41 Å². The normalized spacial score (nSPS) is 10.4. The zero-order chi connectivity index (χ0) is 13.5. The second kappa shape index (κ2) is 6.63. The molecule has 0 aliphatic heterocycles. The molecule has 0 aliphatic rings. The number of imidazole rings is 1. The molecule has 0 bridgehead atoms. The molecule has 2 aromatic rings. The highest BCUT2D eigenvalue weighted by Crippen LogP contribution is 2.02. The van der Waals surface area contributed by atoms with Crippen LogP contribution in [-0.4, -0.2) is 37.4 Å². The molecule has 2 aromatic heterocycles. The maximum atomic E-state index is 11.0. The van der Waals surface area contributed by atoms with Gasteiger partial charge in [-0.25, -0.2) is 15.0 Å². The third-order valence-electron chi connectivity index (χ3n) is 2.77. The summed E-state index contributed by atoms with van der Waals surface area (Å²) in [5.74, 6) is 0. The molecule has 6 heteroatoms. The van der Waals surface area contributed by atoms with Crippen LogP contribution in [0.1, 0.15) is 17.7 Å². The minimum atomic E-state index is 0.549. The van der Waals surface area contributed by atoms with Crippen molar-refractivity contribution in [3.05, 3.63) is 42.5 Å². The number of rotatable bonds is 7. The number of amides is 1. The number of hydrogen-bond donors (Lipinski definition) is 0. The van der Waals surface area contributed by atoms with E-state index >= 15 is 0 Å². The zero-order valence-corrected chi connectivity index (χ0v) is 10.9. The molecule has 2 heterocycles. The van der Waals surface area contributed by atoms with Crippen molar-refractivity contribution in [3.8, 4) is 0 Å². The molecular weight excluding hydrogens is 242 g/mol. The van der Waals surface area contributed by atoms with Crippen molar-refractivity contribution >= 4 is 6.41 Å². The van der Waals surface area contributed by atoms with E-state index in [1.165, 1.54) is 6.33 Å². The standard InChI is InChI=1S/C13H17N5O/c1-12-7-17(10-16-12)3-2-4-18(11-19)8-13-5-14-9-15-6-13/h5-7,9-11H,2-4,8H2,1H3. The predicted octanol–water partition coefficient (Wildman–Crippen LogP) is 1.03. The van der Waals surface area contributed by atoms with Crippen LogP contribution in [0.4, 0.5) is 0 Å². The summed E-state index contributed by atoms with van der Waals surface area (Å²) in [5, 5.41) is 0. The zero-order valence-electron chi connectivity index (χ0n) is 10.9. The third kappa shape index (κ3) is 4.17. The van der Waals surface area contributed by atoms with E-state index < -0.39 is 0 Å². The summed E-state index contributed by atoms with van der Waals surface area (Å²) in [6, 6.07) is 0. The van der Waals surface area contributed by atoms with Crippen molar-refractivity contribution < 1.29 is 4.79 Å². The van der Waals surface area contributed by atoms with Gasteiger partial charge in [0.25, 0.3) is 0 Å². The van der Waals surface area contributed by atoms with Crippen LogP contribution in [0.3, 0.4) is 0 Å². The van der Waals surface area contributed by atoms with Gasteiger partial charge in [-0.05, 0) is 13.3 Å². The van der Waals surface area contributed by atoms with Gasteiger partial charge in [-0.15, -0.1) is 0 Å². The van der Waals surface area contributed by atoms with E-state index in [-0.39, 0.29) is 0 Å². The lowest BCUT2D eigenvalue weighted by molar-refractivity contribution is -0.118. The van der Waals surface area contributed by atoms with E-state index in [0.29, 0.717) is 13.1 Å². The Bertz CT molecular complexity index is 511. The molecule has 6 nitrogen and oxygen atoms in total. The maximum Gasteiger partial charge on any atom is 0.210 e. The molecule has 19 heavy (non-hydrogen) atoms. The molecule has 2 rings (SSSR count). The molecule has 0 aromatic carbocycles. The number of carbonyl (C=O) groups is 1. The third-order valence-corrected chi connectivity index (χ3v) is 2.77. The number of nitrogens with zero attached hydrogens (tertiary/aromatic N) is 5. The summed E-state index contributed by atoms with van der Waals surface area (Å²) in [5.41, 5.74) is 1.95. The Hall–Kier alpha value is -2.24. The fraction of sp³-hybridized carbons (Fsp3) is 0.385. The van der Waals surface area contributed by atoms with Crippen LogP contribution >= 0.6 is 0 Å². The van der Waals surface area contributed by atoms with Crippen molar-refractivity contribution in [3.63, 3.8) is 0 Å². The first kappa shape index (κ1) is 13.2. The molecule has 0 atom stereocenters. The minimum absolute atomic E-state index is 0.549. The lowest BCUT2D eigenvalue weighted by atomic mass is 10.3. The summed E-state index contributed by atoms with van der Waals surface area (Å²) < 4.78 is 2.03. The lowest BCUT2D eigenvalue weighted by Crippen LogP contribution is -2.23. The topological polar surface area (TPSA) is 63.9 Å². The monoisotopic (exact) mass is 259 g/mol. The second-order valence-corrected chi connectivity index (χ2v) is 4.43. The van der Waals surface area contributed by atoms with Gasteiger partial charge in [-0.3, -0.25) is 4.79 Å². The number of hydrogen-bond acceptors (Lipinski definition) is 4. The smallest absolute Gasteiger partial charge is 0.210 e. The van der Waals surface area contributed by atoms with E-state index in [9.17, 15) is 4.79 Å². The Morgan fingerprint density at radius 3 is 2.79 bits per heavy atom. The molecule has 0 saturated heterocycles. The van der Waals surface area contributed by atoms with E-state index in [1.807, 2.05) is 24.0 Å². The fourth-order valence-electron chi connectivity index (χ4n) is 1.87. The largest absolute Gasteiger partial charge is 0.341 e. The van der Waals surface area contributed by atoms with Gasteiger partial charge in [0.15, 0.2) is 0 Å². The average Bonchev–Trinajstić information content (AvgIpc) is 2.84. The fourth-order valence-corrected chi connectivity index (χ4v) is 1.87. The van der Waals surface area contributed by atoms with E-state index in [4.69, 9.17) is 0 Å². The van der Waals surface area contributed by atoms with Crippen molar-refractivity contribution in [1.82, 2.24) is 24.4 Å². The molecule has 0 N–H and O–H groups in total. The van der Waals surface area contributed by atoms with Crippen LogP contribution < -0.4 is 0 Å². The second-order valence-electron chi connectivity index (χ2n) is 4.43. The average molecular weight is 259 g/mol. The predicted molar refractivity (Wildman–Crippen MR) is 70.1 cm³/mol. The van der Waals surface area contributed by atoms with Crippen LogP contribution in [0.5, 0.6) is 0 Å². The Kier molecular flexibility index (Phi) is 4.60. The SMILES string of the molecule is Cc1cn(CCCN(C=O)Cc2cncnc2)cn1. The number of aromatic nitrogens is 4. The van der Waals surface area contributed by atoms with E-state index in [1.54, 1.807) is 17.3 Å². The van der Waals surface area contributed by atoms with Gasteiger partial charge < -0.3 is 9.47 Å². The summed E-state index contributed by atoms with van der Waals surface area (Å²) >= 11 is 0. The van der Waals surface area contributed by atoms with Crippen LogP contribution in [0.2, 0.25) is 0 Å². The number of carbonyl (C=O) groups excluding carboxylic acids is 1. The molecule has 0 saturated carbocycles. The van der Waals surface area contributed by atoms with Gasteiger partial charge >= 0.3 is 0 Å². The molecule has 0 spiro atoms. The molecule has 0 radical (unpaired) electrons. The Labute approximate surface area is 112 Å². The summed E-state index contributed by atoms with van der Waals surface area (Å²) in [6.07, 6.45) is 10.5. The molecule has 0 unspecified atom stereocenters. The first-order valence-electron chi connectivity index (χ1n) is 6.19. The van der Waals surface area contributed by atoms with Crippen molar-refractivity contribution in [2.45, 2.75) is 26.4 Å². The van der Waals surface area contributed by atoms with Gasteiger partial charge in [0.05, 0.1) is 12.0 Å². The van der Waals surface area contributed by atoms with Gasteiger partial charge in [-0.2, -0.15) is 0 Å². The first-order chi connectivity index (χ1) is 9.28. The van der Waals surface area contributed by atoms with Gasteiger partial charge in [-0.1, -0.05) is 0 Å². The Balaban J connectivity index is 1.78. The van der Waals surface area contributed by atoms with Gasteiger partial charge in [0, 0.05) is 43.8 Å². The number of aryl methyl sites for hydroxylation is 2. The van der Waals surface area contributed by atoms with Crippen LogP contribution in [-0.2, 0) is 17.9 Å². The van der Waals surface area contributed by atoms with Gasteiger partial charge in [0.1, 0.15) is 6.33 Å². The molecular formula is C13H17N5O. The highest BCUT2D eigenvalue weighted by molar-refractivity contribution is 5.47. The molecule has 1 amide bonds. The quantitative estimate of drug-likeness (QED) is 0.697. The van der Waals surface area contributed by atoms with Crippen molar-refractivity contribution in [1.29, 1.82) is 0 Å². The minimum Gasteiger partial charge on any atom is -0.341 e. The highest BCUT2D eigenvalue weighted by Gasteiger charge is 2.03. The highest BCUT2D eigenvalue weighted by atomic mass is 16.1. The Morgan fingerprint density at radius 2 is 2.16 bits per heavy atom. The molecule has 100 valence electrons. The maximum absolute atomic E-state index is 11.0. The van der Waals surface area contributed by atoms with Crippen molar-refractivity contribution in [2.24, 2.45) is 0 Å². The molecule has 0 aliphatic carbocycles. The van der Waals surface area contributed by atoms with Crippen molar-refractivity contribution in [2.75, 3.05) is 6.54 Å². The molecule has 0 fully saturated rings. The summed E-state index contributed by atoms with van der Waals surface area (Å²) in [6.45, 7) is 4.07. The Morgan fingerprint density at radius 1 is 1.37 bits per heavy atom. The lowest BCUT2D eigenvalue weighted by Gasteiger charge is -2.16. The van der Waals surface area contributed by atoms with E-state index in [0.717, 1.165) is 30.6 Å². The van der Waals surface area contributed by atoms with Crippen LogP contribution in [0, 0.1) is 6.92 Å². The summed E-state index contributed by atoms with van der Waals surface area (Å²) in [4.78, 5) is 24.8. The summed E-state index contributed by atoms with van der Waals surface area (Å²) in [7, 11) is 0. The van der Waals surface area contributed by atoms with Crippen LogP contribution in [0.15, 0.2) is 31.2 Å². The van der Waals surface area contributed by atoms with E-state index in [2.05, 4.69) is 15.0 Å². The van der Waals surface area contributed by atoms with Crippen LogP contribution in [0.25, 0.3) is 0 Å².